The molecule has 1 aliphatic carbocycles. The average molecular weight is 211 g/mol. The molecule has 1 saturated carbocycles. The summed E-state index contributed by atoms with van der Waals surface area (Å²) in [5.74, 6) is 1.67. The van der Waals surface area contributed by atoms with Gasteiger partial charge in [0.15, 0.2) is 0 Å². The lowest BCUT2D eigenvalue weighted by molar-refractivity contribution is 0.00296. The molecule has 2 heteroatoms. The minimum absolute atomic E-state index is 0.495. The molecule has 0 bridgehead atoms. The second-order valence-electron chi connectivity index (χ2n) is 4.90. The van der Waals surface area contributed by atoms with E-state index < -0.39 is 0 Å². The van der Waals surface area contributed by atoms with Crippen LogP contribution in [0, 0.1) is 11.8 Å². The highest BCUT2D eigenvalue weighted by molar-refractivity contribution is 4.75. The fraction of sp³-hybridized carbons (Fsp3) is 0.846. The number of hydrogen-bond acceptors (Lipinski definition) is 2. The smallest absolute Gasteiger partial charge is 0.0594 e. The zero-order valence-electron chi connectivity index (χ0n) is 10.2. The molecule has 2 unspecified atom stereocenters. The third kappa shape index (κ3) is 5.33. The summed E-state index contributed by atoms with van der Waals surface area (Å²) >= 11 is 0. The minimum Gasteiger partial charge on any atom is -0.377 e. The van der Waals surface area contributed by atoms with Crippen molar-refractivity contribution in [2.75, 3.05) is 19.7 Å². The van der Waals surface area contributed by atoms with Crippen LogP contribution in [0.5, 0.6) is 0 Å². The highest BCUT2D eigenvalue weighted by Gasteiger charge is 2.23. The van der Waals surface area contributed by atoms with E-state index in [1.165, 1.54) is 19.3 Å². The molecule has 0 aromatic rings. The molecule has 0 aliphatic heterocycles. The van der Waals surface area contributed by atoms with E-state index in [4.69, 9.17) is 4.74 Å². The predicted molar refractivity (Wildman–Crippen MR) is 65.0 cm³/mol. The van der Waals surface area contributed by atoms with Gasteiger partial charge >= 0.3 is 0 Å². The van der Waals surface area contributed by atoms with Crippen LogP contribution in [0.4, 0.5) is 0 Å². The SMILES string of the molecule is C=CCNCCOC1CC(C)CC(C)C1. The van der Waals surface area contributed by atoms with E-state index >= 15 is 0 Å². The van der Waals surface area contributed by atoms with E-state index in [1.807, 2.05) is 6.08 Å². The van der Waals surface area contributed by atoms with Gasteiger partial charge in [-0.1, -0.05) is 19.9 Å². The summed E-state index contributed by atoms with van der Waals surface area (Å²) in [5, 5.41) is 3.25. The van der Waals surface area contributed by atoms with Gasteiger partial charge in [-0.2, -0.15) is 0 Å². The number of ether oxygens (including phenoxy) is 1. The first-order valence-corrected chi connectivity index (χ1v) is 6.15. The molecule has 0 aromatic carbocycles. The van der Waals surface area contributed by atoms with Gasteiger partial charge in [0.2, 0.25) is 0 Å². The quantitative estimate of drug-likeness (QED) is 0.538. The molecule has 1 aliphatic rings. The summed E-state index contributed by atoms with van der Waals surface area (Å²) in [6.07, 6.45) is 6.23. The van der Waals surface area contributed by atoms with Crippen molar-refractivity contribution in [3.8, 4) is 0 Å². The molecule has 0 amide bonds. The van der Waals surface area contributed by atoms with Crippen LogP contribution in [-0.4, -0.2) is 25.8 Å². The molecule has 2 nitrogen and oxygen atoms in total. The second-order valence-corrected chi connectivity index (χ2v) is 4.90. The van der Waals surface area contributed by atoms with Gasteiger partial charge in [-0.15, -0.1) is 6.58 Å². The van der Waals surface area contributed by atoms with E-state index in [0.717, 1.165) is 31.5 Å². The highest BCUT2D eigenvalue weighted by Crippen LogP contribution is 2.30. The van der Waals surface area contributed by atoms with Gasteiger partial charge in [-0.3, -0.25) is 0 Å². The minimum atomic E-state index is 0.495. The molecular formula is C13H25NO. The monoisotopic (exact) mass is 211 g/mol. The number of nitrogens with one attached hydrogen (secondary N) is 1. The van der Waals surface area contributed by atoms with Crippen molar-refractivity contribution >= 4 is 0 Å². The van der Waals surface area contributed by atoms with Gasteiger partial charge in [-0.25, -0.2) is 0 Å². The predicted octanol–water partition coefficient (Wildman–Crippen LogP) is 2.60. The van der Waals surface area contributed by atoms with E-state index in [2.05, 4.69) is 25.7 Å². The molecule has 0 saturated heterocycles. The van der Waals surface area contributed by atoms with Crippen molar-refractivity contribution in [2.24, 2.45) is 11.8 Å². The van der Waals surface area contributed by atoms with Crippen LogP contribution in [0.15, 0.2) is 12.7 Å². The van der Waals surface area contributed by atoms with Crippen LogP contribution in [0.2, 0.25) is 0 Å². The van der Waals surface area contributed by atoms with E-state index in [1.54, 1.807) is 0 Å². The van der Waals surface area contributed by atoms with Gasteiger partial charge in [0.1, 0.15) is 0 Å². The summed E-state index contributed by atoms with van der Waals surface area (Å²) in [7, 11) is 0. The van der Waals surface area contributed by atoms with E-state index in [9.17, 15) is 0 Å². The van der Waals surface area contributed by atoms with Crippen molar-refractivity contribution < 1.29 is 4.74 Å². The van der Waals surface area contributed by atoms with Crippen LogP contribution in [0.25, 0.3) is 0 Å². The molecule has 2 atom stereocenters. The molecular weight excluding hydrogens is 186 g/mol. The lowest BCUT2D eigenvalue weighted by atomic mass is 9.82. The maximum atomic E-state index is 5.87. The standard InChI is InChI=1S/C13H25NO/c1-4-5-14-6-7-15-13-9-11(2)8-12(3)10-13/h4,11-14H,1,5-10H2,2-3H3. The van der Waals surface area contributed by atoms with E-state index in [-0.39, 0.29) is 0 Å². The van der Waals surface area contributed by atoms with Gasteiger partial charge in [0, 0.05) is 13.1 Å². The van der Waals surface area contributed by atoms with Gasteiger partial charge < -0.3 is 10.1 Å². The Bertz CT molecular complexity index is 171. The summed E-state index contributed by atoms with van der Waals surface area (Å²) in [5.41, 5.74) is 0. The second kappa shape index (κ2) is 7.02. The summed E-state index contributed by atoms with van der Waals surface area (Å²) in [6.45, 7) is 11.0. The van der Waals surface area contributed by atoms with Crippen LogP contribution in [0.1, 0.15) is 33.1 Å². The Morgan fingerprint density at radius 1 is 1.27 bits per heavy atom. The molecule has 1 N–H and O–H groups in total. The van der Waals surface area contributed by atoms with Gasteiger partial charge in [-0.05, 0) is 31.1 Å². The van der Waals surface area contributed by atoms with Gasteiger partial charge in [0.25, 0.3) is 0 Å². The van der Waals surface area contributed by atoms with Crippen molar-refractivity contribution in [2.45, 2.75) is 39.2 Å². The maximum absolute atomic E-state index is 5.87. The zero-order chi connectivity index (χ0) is 11.1. The first-order valence-electron chi connectivity index (χ1n) is 6.15. The van der Waals surface area contributed by atoms with Crippen LogP contribution in [0.3, 0.4) is 0 Å². The third-order valence-corrected chi connectivity index (χ3v) is 3.06. The maximum Gasteiger partial charge on any atom is 0.0594 e. The topological polar surface area (TPSA) is 21.3 Å². The molecule has 0 heterocycles. The highest BCUT2D eigenvalue weighted by atomic mass is 16.5. The largest absolute Gasteiger partial charge is 0.377 e. The molecule has 1 rings (SSSR count). The Kier molecular flexibility index (Phi) is 5.96. The average Bonchev–Trinajstić information content (AvgIpc) is 2.16. The summed E-state index contributed by atoms with van der Waals surface area (Å²) < 4.78 is 5.87. The normalized spacial score (nSPS) is 31.5. The lowest BCUT2D eigenvalue weighted by Crippen LogP contribution is -2.29. The van der Waals surface area contributed by atoms with Crippen LogP contribution in [-0.2, 0) is 4.74 Å². The van der Waals surface area contributed by atoms with Crippen molar-refractivity contribution in [1.29, 1.82) is 0 Å². The summed E-state index contributed by atoms with van der Waals surface area (Å²) in [4.78, 5) is 0. The van der Waals surface area contributed by atoms with Gasteiger partial charge in [0.05, 0.1) is 12.7 Å². The molecule has 88 valence electrons. The first kappa shape index (κ1) is 12.7. The fourth-order valence-electron chi connectivity index (χ4n) is 2.51. The Hall–Kier alpha value is -0.340. The lowest BCUT2D eigenvalue weighted by Gasteiger charge is -2.31. The van der Waals surface area contributed by atoms with Crippen LogP contribution >= 0.6 is 0 Å². The number of rotatable bonds is 6. The Labute approximate surface area is 94.1 Å². The zero-order valence-corrected chi connectivity index (χ0v) is 10.2. The third-order valence-electron chi connectivity index (χ3n) is 3.06. The molecule has 0 spiro atoms. The molecule has 0 aromatic heterocycles. The van der Waals surface area contributed by atoms with Crippen molar-refractivity contribution in [3.05, 3.63) is 12.7 Å². The number of hydrogen-bond donors (Lipinski definition) is 1. The van der Waals surface area contributed by atoms with Crippen molar-refractivity contribution in [1.82, 2.24) is 5.32 Å². The van der Waals surface area contributed by atoms with Crippen LogP contribution < -0.4 is 5.32 Å². The first-order chi connectivity index (χ1) is 7.22. The van der Waals surface area contributed by atoms with Crippen molar-refractivity contribution in [3.63, 3.8) is 0 Å². The van der Waals surface area contributed by atoms with E-state index in [0.29, 0.717) is 6.10 Å². The molecule has 1 fully saturated rings. The Morgan fingerprint density at radius 2 is 1.93 bits per heavy atom. The molecule has 15 heavy (non-hydrogen) atoms. The fourth-order valence-corrected chi connectivity index (χ4v) is 2.51. The Morgan fingerprint density at radius 3 is 2.53 bits per heavy atom. The summed E-state index contributed by atoms with van der Waals surface area (Å²) in [6, 6.07) is 0. The Balaban J connectivity index is 2.07. The molecule has 0 radical (unpaired) electrons.